The van der Waals surface area contributed by atoms with E-state index in [1.54, 1.807) is 21.3 Å². The van der Waals surface area contributed by atoms with Crippen LogP contribution in [0.5, 0.6) is 23.0 Å². The van der Waals surface area contributed by atoms with Gasteiger partial charge in [-0.1, -0.05) is 0 Å². The first-order valence-corrected chi connectivity index (χ1v) is 10.7. The van der Waals surface area contributed by atoms with Crippen molar-refractivity contribution in [3.63, 3.8) is 0 Å². The Labute approximate surface area is 214 Å². The summed E-state index contributed by atoms with van der Waals surface area (Å²) >= 11 is 0. The van der Waals surface area contributed by atoms with Gasteiger partial charge in [-0.05, 0) is 62.7 Å². The monoisotopic (exact) mass is 573 g/mol. The van der Waals surface area contributed by atoms with Crippen molar-refractivity contribution < 1.29 is 23.7 Å². The van der Waals surface area contributed by atoms with E-state index >= 15 is 0 Å². The lowest BCUT2D eigenvalue weighted by atomic mass is 10.2. The van der Waals surface area contributed by atoms with Crippen LogP contribution in [0, 0.1) is 0 Å². The number of ether oxygens (including phenoxy) is 5. The van der Waals surface area contributed by atoms with Crippen LogP contribution in [0.3, 0.4) is 0 Å². The molecule has 0 atom stereocenters. The van der Waals surface area contributed by atoms with Crippen molar-refractivity contribution in [2.45, 2.75) is 33.4 Å². The quantitative estimate of drug-likeness (QED) is 0.165. The average molecular weight is 573 g/mol. The Balaban J connectivity index is 0.00000544. The van der Waals surface area contributed by atoms with Crippen molar-refractivity contribution in [3.05, 3.63) is 42.0 Å². The zero-order chi connectivity index (χ0) is 23.3. The van der Waals surface area contributed by atoms with Gasteiger partial charge in [0.25, 0.3) is 0 Å². The highest BCUT2D eigenvalue weighted by Gasteiger charge is 2.13. The Morgan fingerprint density at radius 1 is 0.970 bits per heavy atom. The highest BCUT2D eigenvalue weighted by Crippen LogP contribution is 2.38. The fourth-order valence-corrected chi connectivity index (χ4v) is 2.95. The highest BCUT2D eigenvalue weighted by molar-refractivity contribution is 14.0. The first-order chi connectivity index (χ1) is 15.5. The van der Waals surface area contributed by atoms with Crippen LogP contribution in [0.1, 0.15) is 26.3 Å². The predicted molar refractivity (Wildman–Crippen MR) is 143 cm³/mol. The fourth-order valence-electron chi connectivity index (χ4n) is 2.95. The molecule has 0 heterocycles. The summed E-state index contributed by atoms with van der Waals surface area (Å²) in [6.45, 7) is 8.27. The topological polar surface area (TPSA) is 82.6 Å². The molecule has 0 saturated carbocycles. The van der Waals surface area contributed by atoms with Crippen LogP contribution < -0.4 is 29.6 Å². The minimum absolute atomic E-state index is 0. The van der Waals surface area contributed by atoms with Gasteiger partial charge in [0.2, 0.25) is 5.75 Å². The Morgan fingerprint density at radius 2 is 1.61 bits per heavy atom. The fraction of sp³-hybridized carbons (Fsp3) is 0.458. The average Bonchev–Trinajstić information content (AvgIpc) is 2.80. The molecule has 0 saturated heterocycles. The summed E-state index contributed by atoms with van der Waals surface area (Å²) in [5, 5.41) is 6.62. The van der Waals surface area contributed by atoms with E-state index in [1.165, 1.54) is 0 Å². The number of guanidine groups is 1. The van der Waals surface area contributed by atoms with E-state index in [1.807, 2.05) is 57.2 Å². The predicted octanol–water partition coefficient (Wildman–Crippen LogP) is 4.71. The molecule has 8 nitrogen and oxygen atoms in total. The minimum Gasteiger partial charge on any atom is -0.493 e. The summed E-state index contributed by atoms with van der Waals surface area (Å²) in [6, 6.07) is 11.5. The van der Waals surface area contributed by atoms with Crippen LogP contribution >= 0.6 is 24.0 Å². The number of hydrogen-bond acceptors (Lipinski definition) is 6. The van der Waals surface area contributed by atoms with Crippen molar-refractivity contribution in [1.82, 2.24) is 5.32 Å². The number of benzene rings is 2. The second kappa shape index (κ2) is 15.4. The maximum Gasteiger partial charge on any atom is 0.203 e. The molecule has 0 amide bonds. The zero-order valence-electron chi connectivity index (χ0n) is 20.3. The van der Waals surface area contributed by atoms with E-state index in [-0.39, 0.29) is 30.1 Å². The number of aliphatic imine (C=N–C) groups is 1. The minimum atomic E-state index is 0. The summed E-state index contributed by atoms with van der Waals surface area (Å²) in [4.78, 5) is 4.72. The maximum absolute atomic E-state index is 5.71. The van der Waals surface area contributed by atoms with Gasteiger partial charge in [0.15, 0.2) is 17.5 Å². The lowest BCUT2D eigenvalue weighted by molar-refractivity contribution is 0.152. The Hall–Kier alpha value is -2.40. The third-order valence-electron chi connectivity index (χ3n) is 4.38. The summed E-state index contributed by atoms with van der Waals surface area (Å²) in [6.07, 6.45) is 0.129. The summed E-state index contributed by atoms with van der Waals surface area (Å²) in [7, 11) is 4.78. The van der Waals surface area contributed by atoms with Gasteiger partial charge < -0.3 is 34.3 Å². The molecule has 0 aliphatic carbocycles. The van der Waals surface area contributed by atoms with E-state index in [0.29, 0.717) is 49.5 Å². The molecule has 0 aromatic heterocycles. The van der Waals surface area contributed by atoms with Crippen molar-refractivity contribution >= 4 is 35.6 Å². The second-order valence-corrected chi connectivity index (χ2v) is 7.14. The number of anilines is 1. The van der Waals surface area contributed by atoms with E-state index in [2.05, 4.69) is 10.6 Å². The van der Waals surface area contributed by atoms with Crippen molar-refractivity contribution in [2.75, 3.05) is 46.4 Å². The standard InChI is InChI=1S/C24H35N3O5.HI/c1-7-31-13-12-25-24(27-19-8-10-20(11-9-19)32-17(2)3)26-16-18-14-21(28-4)23(30-6)22(15-18)29-5;/h8-11,14-15,17H,7,12-13,16H2,1-6H3,(H2,25,26,27);1H. The zero-order valence-corrected chi connectivity index (χ0v) is 22.6. The van der Waals surface area contributed by atoms with Crippen LogP contribution in [0.2, 0.25) is 0 Å². The van der Waals surface area contributed by atoms with Gasteiger partial charge in [-0.3, -0.25) is 0 Å². The Kier molecular flexibility index (Phi) is 13.4. The smallest absolute Gasteiger partial charge is 0.203 e. The number of methoxy groups -OCH3 is 3. The lowest BCUT2D eigenvalue weighted by Crippen LogP contribution is -2.33. The number of halogens is 1. The molecule has 0 aliphatic rings. The SMILES string of the molecule is CCOCCNC(=NCc1cc(OC)c(OC)c(OC)c1)Nc1ccc(OC(C)C)cc1.I. The summed E-state index contributed by atoms with van der Waals surface area (Å²) in [5.74, 6) is 3.20. The van der Waals surface area contributed by atoms with Gasteiger partial charge >= 0.3 is 0 Å². The molecule has 33 heavy (non-hydrogen) atoms. The third-order valence-corrected chi connectivity index (χ3v) is 4.38. The summed E-state index contributed by atoms with van der Waals surface area (Å²) in [5.41, 5.74) is 1.82. The molecule has 2 N–H and O–H groups in total. The molecular weight excluding hydrogens is 537 g/mol. The molecule has 2 aromatic carbocycles. The molecule has 2 aromatic rings. The molecule has 0 spiro atoms. The molecular formula is C24H36IN3O5. The van der Waals surface area contributed by atoms with Gasteiger partial charge in [-0.25, -0.2) is 4.99 Å². The molecule has 9 heteroatoms. The van der Waals surface area contributed by atoms with Crippen LogP contribution in [0.25, 0.3) is 0 Å². The molecule has 2 rings (SSSR count). The van der Waals surface area contributed by atoms with Crippen molar-refractivity contribution in [1.29, 1.82) is 0 Å². The first-order valence-electron chi connectivity index (χ1n) is 10.7. The van der Waals surface area contributed by atoms with Gasteiger partial charge in [-0.2, -0.15) is 0 Å². The van der Waals surface area contributed by atoms with Gasteiger partial charge in [0.05, 0.1) is 40.6 Å². The first kappa shape index (κ1) is 28.6. The molecule has 0 unspecified atom stereocenters. The normalized spacial score (nSPS) is 10.9. The molecule has 0 aliphatic heterocycles. The van der Waals surface area contributed by atoms with Crippen LogP contribution in [0.4, 0.5) is 5.69 Å². The Morgan fingerprint density at radius 3 is 2.12 bits per heavy atom. The van der Waals surface area contributed by atoms with E-state index in [0.717, 1.165) is 17.0 Å². The largest absolute Gasteiger partial charge is 0.493 e. The van der Waals surface area contributed by atoms with Gasteiger partial charge in [-0.15, -0.1) is 24.0 Å². The van der Waals surface area contributed by atoms with Crippen molar-refractivity contribution in [3.8, 4) is 23.0 Å². The van der Waals surface area contributed by atoms with E-state index in [4.69, 9.17) is 28.7 Å². The van der Waals surface area contributed by atoms with Crippen molar-refractivity contribution in [2.24, 2.45) is 4.99 Å². The number of nitrogens with one attached hydrogen (secondary N) is 2. The molecule has 184 valence electrons. The second-order valence-electron chi connectivity index (χ2n) is 7.14. The van der Waals surface area contributed by atoms with Crippen LogP contribution in [-0.4, -0.2) is 53.2 Å². The van der Waals surface area contributed by atoms with Crippen LogP contribution in [0.15, 0.2) is 41.4 Å². The molecule has 0 fully saturated rings. The molecule has 0 radical (unpaired) electrons. The van der Waals surface area contributed by atoms with E-state index in [9.17, 15) is 0 Å². The third kappa shape index (κ3) is 9.55. The number of rotatable bonds is 12. The lowest BCUT2D eigenvalue weighted by Gasteiger charge is -2.15. The van der Waals surface area contributed by atoms with Crippen LogP contribution in [-0.2, 0) is 11.3 Å². The number of nitrogens with zero attached hydrogens (tertiary/aromatic N) is 1. The van der Waals surface area contributed by atoms with Gasteiger partial charge in [0, 0.05) is 18.8 Å². The van der Waals surface area contributed by atoms with E-state index < -0.39 is 0 Å². The van der Waals surface area contributed by atoms with Gasteiger partial charge in [0.1, 0.15) is 5.75 Å². The summed E-state index contributed by atoms with van der Waals surface area (Å²) < 4.78 is 27.4. The highest BCUT2D eigenvalue weighted by atomic mass is 127. The number of hydrogen-bond donors (Lipinski definition) is 2. The maximum atomic E-state index is 5.71. The molecule has 0 bridgehead atoms. The Bertz CT molecular complexity index is 835.